The Balaban J connectivity index is 1.46. The van der Waals surface area contributed by atoms with Crippen LogP contribution in [0.15, 0.2) is 48.4 Å². The third-order valence-corrected chi connectivity index (χ3v) is 6.50. The summed E-state index contributed by atoms with van der Waals surface area (Å²) in [5.41, 5.74) is 3.22. The van der Waals surface area contributed by atoms with Crippen LogP contribution in [0.1, 0.15) is 35.7 Å². The summed E-state index contributed by atoms with van der Waals surface area (Å²) >= 11 is 0. The van der Waals surface area contributed by atoms with E-state index in [9.17, 15) is 18.0 Å². The fourth-order valence-electron chi connectivity index (χ4n) is 4.77. The maximum absolute atomic E-state index is 13.9. The minimum atomic E-state index is -1.53. The molecule has 0 saturated carbocycles. The predicted molar refractivity (Wildman–Crippen MR) is 123 cm³/mol. The fraction of sp³-hybridized carbons (Fsp3) is 0.308. The molecular weight excluding hydrogens is 459 g/mol. The first-order valence-electron chi connectivity index (χ1n) is 11.3. The Morgan fingerprint density at radius 3 is 2.60 bits per heavy atom. The number of rotatable bonds is 4. The fourth-order valence-corrected chi connectivity index (χ4v) is 4.77. The smallest absolute Gasteiger partial charge is 0.250 e. The van der Waals surface area contributed by atoms with Gasteiger partial charge < -0.3 is 18.9 Å². The van der Waals surface area contributed by atoms with Gasteiger partial charge in [-0.3, -0.25) is 4.79 Å². The third-order valence-electron chi connectivity index (χ3n) is 6.50. The van der Waals surface area contributed by atoms with Crippen molar-refractivity contribution in [2.45, 2.75) is 31.8 Å². The molecule has 2 aliphatic heterocycles. The molecule has 2 aliphatic rings. The van der Waals surface area contributed by atoms with E-state index in [1.165, 1.54) is 0 Å². The molecule has 0 radical (unpaired) electrons. The van der Waals surface area contributed by atoms with E-state index in [0.717, 1.165) is 29.1 Å². The minimum Gasteiger partial charge on any atom is -0.495 e. The second kappa shape index (κ2) is 9.22. The zero-order chi connectivity index (χ0) is 24.7. The van der Waals surface area contributed by atoms with E-state index in [1.54, 1.807) is 18.3 Å². The van der Waals surface area contributed by atoms with Gasteiger partial charge >= 0.3 is 0 Å². The van der Waals surface area contributed by atoms with Crippen LogP contribution in [0.2, 0.25) is 0 Å². The van der Waals surface area contributed by atoms with Gasteiger partial charge in [-0.25, -0.2) is 18.2 Å². The number of piperidine rings is 1. The Hall–Kier alpha value is -3.59. The number of hydrogen-bond acceptors (Lipinski definition) is 4. The van der Waals surface area contributed by atoms with Gasteiger partial charge in [0.25, 0.3) is 5.91 Å². The standard InChI is InChI=1S/C26H24F3N3O3/c1-15-11-31(14-30-15)22-6-3-16(8-24(22)34-2)7-17-4-5-19-12-35-13-23(32(19)26(17)33)18-9-20(27)25(29)21(28)10-18/h3,6-11,14,19,23H,4-5,12-13H2,1-2H3/b17-7+/t19-,23+/m1/s1. The second-order valence-electron chi connectivity index (χ2n) is 8.78. The van der Waals surface area contributed by atoms with Crippen LogP contribution in [0.3, 0.4) is 0 Å². The molecule has 0 unspecified atom stereocenters. The summed E-state index contributed by atoms with van der Waals surface area (Å²) in [7, 11) is 1.58. The molecule has 2 fully saturated rings. The van der Waals surface area contributed by atoms with E-state index in [0.29, 0.717) is 30.8 Å². The molecule has 1 aromatic heterocycles. The van der Waals surface area contributed by atoms with Gasteiger partial charge in [-0.1, -0.05) is 6.07 Å². The predicted octanol–water partition coefficient (Wildman–Crippen LogP) is 4.75. The highest BCUT2D eigenvalue weighted by atomic mass is 19.2. The van der Waals surface area contributed by atoms with Crippen LogP contribution in [-0.4, -0.2) is 46.7 Å². The first-order valence-corrected chi connectivity index (χ1v) is 11.3. The number of aryl methyl sites for hydroxylation is 1. The molecular formula is C26H24F3N3O3. The zero-order valence-electron chi connectivity index (χ0n) is 19.3. The number of carbonyl (C=O) groups is 1. The van der Waals surface area contributed by atoms with Crippen LogP contribution in [0.25, 0.3) is 11.8 Å². The van der Waals surface area contributed by atoms with E-state index < -0.39 is 23.5 Å². The van der Waals surface area contributed by atoms with Crippen molar-refractivity contribution in [3.8, 4) is 11.4 Å². The number of hydrogen-bond donors (Lipinski definition) is 0. The van der Waals surface area contributed by atoms with Crippen LogP contribution >= 0.6 is 0 Å². The maximum atomic E-state index is 13.9. The van der Waals surface area contributed by atoms with Crippen molar-refractivity contribution in [3.05, 3.63) is 82.7 Å². The quantitative estimate of drug-likeness (QED) is 0.397. The summed E-state index contributed by atoms with van der Waals surface area (Å²) in [6, 6.07) is 6.55. The van der Waals surface area contributed by atoms with Gasteiger partial charge in [-0.2, -0.15) is 0 Å². The normalized spacial score (nSPS) is 21.3. The van der Waals surface area contributed by atoms with Gasteiger partial charge in [-0.15, -0.1) is 0 Å². The van der Waals surface area contributed by atoms with E-state index in [4.69, 9.17) is 9.47 Å². The van der Waals surface area contributed by atoms with Gasteiger partial charge in [0.15, 0.2) is 17.5 Å². The number of nitrogens with zero attached hydrogens (tertiary/aromatic N) is 3. The Labute approximate surface area is 200 Å². The molecule has 3 heterocycles. The highest BCUT2D eigenvalue weighted by molar-refractivity contribution is 5.99. The van der Waals surface area contributed by atoms with E-state index >= 15 is 0 Å². The Morgan fingerprint density at radius 2 is 1.91 bits per heavy atom. The molecule has 5 rings (SSSR count). The summed E-state index contributed by atoms with van der Waals surface area (Å²) in [4.78, 5) is 19.4. The average Bonchev–Trinajstić information content (AvgIpc) is 3.29. The average molecular weight is 483 g/mol. The van der Waals surface area contributed by atoms with Crippen LogP contribution in [0.4, 0.5) is 13.2 Å². The largest absolute Gasteiger partial charge is 0.495 e. The van der Waals surface area contributed by atoms with Gasteiger partial charge in [0.2, 0.25) is 0 Å². The molecule has 1 amide bonds. The molecule has 6 nitrogen and oxygen atoms in total. The van der Waals surface area contributed by atoms with Crippen molar-refractivity contribution < 1.29 is 27.4 Å². The highest BCUT2D eigenvalue weighted by Crippen LogP contribution is 2.37. The number of imidazole rings is 1. The molecule has 0 aliphatic carbocycles. The number of methoxy groups -OCH3 is 1. The lowest BCUT2D eigenvalue weighted by Crippen LogP contribution is -2.53. The number of benzene rings is 2. The SMILES string of the molecule is COc1cc(/C=C2\CC[C@@H]3COC[C@@H](c4cc(F)c(F)c(F)c4)N3C2=O)ccc1-n1cnc(C)c1. The summed E-state index contributed by atoms with van der Waals surface area (Å²) < 4.78 is 54.4. The van der Waals surface area contributed by atoms with Crippen LogP contribution < -0.4 is 4.74 Å². The van der Waals surface area contributed by atoms with Crippen molar-refractivity contribution in [1.29, 1.82) is 0 Å². The first-order chi connectivity index (χ1) is 16.9. The van der Waals surface area contributed by atoms with Gasteiger partial charge in [-0.05, 0) is 61.2 Å². The van der Waals surface area contributed by atoms with Gasteiger partial charge in [0.1, 0.15) is 5.75 Å². The summed E-state index contributed by atoms with van der Waals surface area (Å²) in [5.74, 6) is -3.71. The number of aromatic nitrogens is 2. The van der Waals surface area contributed by atoms with Crippen molar-refractivity contribution in [1.82, 2.24) is 14.5 Å². The minimum absolute atomic E-state index is 0.0763. The van der Waals surface area contributed by atoms with E-state index in [1.807, 2.05) is 42.0 Å². The number of amides is 1. The first kappa shape index (κ1) is 23.2. The topological polar surface area (TPSA) is 56.6 Å². The van der Waals surface area contributed by atoms with Crippen LogP contribution in [-0.2, 0) is 9.53 Å². The van der Waals surface area contributed by atoms with Crippen molar-refractivity contribution in [2.75, 3.05) is 20.3 Å². The molecule has 3 aromatic rings. The summed E-state index contributed by atoms with van der Waals surface area (Å²) in [6.45, 7) is 2.32. The maximum Gasteiger partial charge on any atom is 0.250 e. The Bertz CT molecular complexity index is 1300. The van der Waals surface area contributed by atoms with E-state index in [2.05, 4.69) is 4.98 Å². The Kier molecular flexibility index (Phi) is 6.10. The number of morpholine rings is 1. The highest BCUT2D eigenvalue weighted by Gasteiger charge is 2.40. The molecule has 0 bridgehead atoms. The second-order valence-corrected chi connectivity index (χ2v) is 8.78. The lowest BCUT2D eigenvalue weighted by atomic mass is 9.91. The lowest BCUT2D eigenvalue weighted by Gasteiger charge is -2.45. The van der Waals surface area contributed by atoms with Crippen molar-refractivity contribution in [3.63, 3.8) is 0 Å². The summed E-state index contributed by atoms with van der Waals surface area (Å²) in [5, 5.41) is 0. The Morgan fingerprint density at radius 1 is 1.14 bits per heavy atom. The number of ether oxygens (including phenoxy) is 2. The van der Waals surface area contributed by atoms with Crippen molar-refractivity contribution >= 4 is 12.0 Å². The molecule has 0 N–H and O–H groups in total. The number of carbonyl (C=O) groups excluding carboxylic acids is 1. The molecule has 2 aromatic carbocycles. The molecule has 35 heavy (non-hydrogen) atoms. The third kappa shape index (κ3) is 4.32. The molecule has 2 saturated heterocycles. The van der Waals surface area contributed by atoms with Gasteiger partial charge in [0.05, 0.1) is 50.1 Å². The van der Waals surface area contributed by atoms with E-state index in [-0.39, 0.29) is 24.1 Å². The summed E-state index contributed by atoms with van der Waals surface area (Å²) in [6.07, 6.45) is 6.58. The molecule has 2 atom stereocenters. The number of halogens is 3. The molecule has 9 heteroatoms. The lowest BCUT2D eigenvalue weighted by molar-refractivity contribution is -0.145. The van der Waals surface area contributed by atoms with Crippen LogP contribution in [0.5, 0.6) is 5.75 Å². The number of fused-ring (bicyclic) bond motifs is 1. The zero-order valence-corrected chi connectivity index (χ0v) is 19.3. The molecule has 182 valence electrons. The van der Waals surface area contributed by atoms with Gasteiger partial charge in [0, 0.05) is 11.8 Å². The van der Waals surface area contributed by atoms with Crippen LogP contribution in [0, 0.1) is 24.4 Å². The van der Waals surface area contributed by atoms with Crippen molar-refractivity contribution in [2.24, 2.45) is 0 Å². The monoisotopic (exact) mass is 483 g/mol. The molecule has 0 spiro atoms.